The summed E-state index contributed by atoms with van der Waals surface area (Å²) < 4.78 is 1.52. The molecule has 6 nitrogen and oxygen atoms in total. The fraction of sp³-hybridized carbons (Fsp3) is 0.200. The van der Waals surface area contributed by atoms with Crippen LogP contribution in [0.1, 0.15) is 15.9 Å². The second kappa shape index (κ2) is 6.55. The maximum absolute atomic E-state index is 12.5. The van der Waals surface area contributed by atoms with E-state index in [4.69, 9.17) is 0 Å². The maximum atomic E-state index is 12.5. The van der Waals surface area contributed by atoms with E-state index in [1.807, 2.05) is 12.1 Å². The van der Waals surface area contributed by atoms with Gasteiger partial charge >= 0.3 is 5.69 Å². The lowest BCUT2D eigenvalue weighted by molar-refractivity contribution is 0.0951. The van der Waals surface area contributed by atoms with Crippen LogP contribution in [0.2, 0.25) is 0 Å². The average molecular weight is 348 g/mol. The summed E-state index contributed by atoms with van der Waals surface area (Å²) in [6, 6.07) is 13.4. The zero-order valence-electron chi connectivity index (χ0n) is 14.5. The van der Waals surface area contributed by atoms with Crippen LogP contribution in [0.3, 0.4) is 0 Å². The van der Waals surface area contributed by atoms with E-state index in [-0.39, 0.29) is 11.6 Å². The van der Waals surface area contributed by atoms with Crippen molar-refractivity contribution in [2.24, 2.45) is 7.05 Å². The monoisotopic (exact) mass is 348 g/mol. The van der Waals surface area contributed by atoms with Gasteiger partial charge in [-0.1, -0.05) is 24.3 Å². The van der Waals surface area contributed by atoms with E-state index in [2.05, 4.69) is 39.5 Å². The normalized spacial score (nSPS) is 13.5. The van der Waals surface area contributed by atoms with Crippen LogP contribution < -0.4 is 15.9 Å². The molecule has 0 saturated carbocycles. The molecule has 0 fully saturated rings. The van der Waals surface area contributed by atoms with Crippen LogP contribution in [-0.4, -0.2) is 28.5 Å². The van der Waals surface area contributed by atoms with Crippen LogP contribution in [-0.2, 0) is 13.6 Å². The van der Waals surface area contributed by atoms with Gasteiger partial charge < -0.3 is 15.2 Å². The Morgan fingerprint density at radius 1 is 1.15 bits per heavy atom. The lowest BCUT2D eigenvalue weighted by Crippen LogP contribution is -2.23. The van der Waals surface area contributed by atoms with Gasteiger partial charge in [-0.25, -0.2) is 4.79 Å². The highest BCUT2D eigenvalue weighted by atomic mass is 16.2. The molecule has 0 spiro atoms. The average Bonchev–Trinajstić information content (AvgIpc) is 3.29. The minimum Gasteiger partial charge on any atom is -0.364 e. The third-order valence-corrected chi connectivity index (χ3v) is 4.71. The Balaban J connectivity index is 1.47. The number of aryl methyl sites for hydroxylation is 1. The summed E-state index contributed by atoms with van der Waals surface area (Å²) in [6.07, 6.45) is 4.30. The van der Waals surface area contributed by atoms with Crippen molar-refractivity contribution in [3.05, 3.63) is 76.2 Å². The molecule has 132 valence electrons. The second-order valence-corrected chi connectivity index (χ2v) is 6.45. The molecule has 0 saturated heterocycles. The summed E-state index contributed by atoms with van der Waals surface area (Å²) >= 11 is 0. The molecular formula is C20H20N4O2. The minimum atomic E-state index is -0.189. The number of nitrogens with one attached hydrogen (secondary N) is 2. The van der Waals surface area contributed by atoms with Crippen LogP contribution in [0.5, 0.6) is 0 Å². The first kappa shape index (κ1) is 16.2. The van der Waals surface area contributed by atoms with Crippen LogP contribution in [0, 0.1) is 0 Å². The summed E-state index contributed by atoms with van der Waals surface area (Å²) in [5, 5.41) is 2.95. The fourth-order valence-electron chi connectivity index (χ4n) is 3.21. The van der Waals surface area contributed by atoms with Crippen LogP contribution >= 0.6 is 0 Å². The molecule has 0 bridgehead atoms. The molecule has 2 aromatic carbocycles. The number of H-pyrrole nitrogens is 1. The van der Waals surface area contributed by atoms with Crippen LogP contribution in [0.25, 0.3) is 11.0 Å². The summed E-state index contributed by atoms with van der Waals surface area (Å²) in [7, 11) is 1.70. The van der Waals surface area contributed by atoms with Gasteiger partial charge in [0.15, 0.2) is 0 Å². The van der Waals surface area contributed by atoms with Crippen molar-refractivity contribution >= 4 is 22.6 Å². The Morgan fingerprint density at radius 3 is 2.77 bits per heavy atom. The van der Waals surface area contributed by atoms with Crippen molar-refractivity contribution < 1.29 is 4.79 Å². The zero-order valence-corrected chi connectivity index (χ0v) is 14.5. The lowest BCUT2D eigenvalue weighted by Gasteiger charge is -2.18. The number of nitrogens with zero attached hydrogens (tertiary/aromatic N) is 2. The molecule has 2 heterocycles. The Hall–Kier alpha value is -3.28. The smallest absolute Gasteiger partial charge is 0.326 e. The highest BCUT2D eigenvalue weighted by molar-refractivity contribution is 5.97. The summed E-state index contributed by atoms with van der Waals surface area (Å²) in [5.74, 6) is -0.162. The minimum absolute atomic E-state index is 0.162. The van der Waals surface area contributed by atoms with Gasteiger partial charge in [0.2, 0.25) is 0 Å². The number of rotatable bonds is 4. The molecule has 1 amide bonds. The third-order valence-electron chi connectivity index (χ3n) is 4.71. The molecule has 1 aliphatic rings. The van der Waals surface area contributed by atoms with Crippen LogP contribution in [0.15, 0.2) is 59.4 Å². The highest BCUT2D eigenvalue weighted by Gasteiger charge is 2.11. The van der Waals surface area contributed by atoms with E-state index in [1.165, 1.54) is 4.57 Å². The Kier molecular flexibility index (Phi) is 4.08. The first-order chi connectivity index (χ1) is 12.6. The number of imidazole rings is 1. The van der Waals surface area contributed by atoms with Crippen LogP contribution in [0.4, 0.5) is 5.69 Å². The zero-order chi connectivity index (χ0) is 18.1. The number of aromatic amines is 1. The lowest BCUT2D eigenvalue weighted by atomic mass is 10.1. The number of carbonyl (C=O) groups excluding carboxylic acids is 1. The van der Waals surface area contributed by atoms with E-state index in [0.29, 0.717) is 17.6 Å². The van der Waals surface area contributed by atoms with Crippen molar-refractivity contribution in [2.45, 2.75) is 6.54 Å². The Morgan fingerprint density at radius 2 is 1.96 bits per heavy atom. The molecule has 1 aromatic heterocycles. The van der Waals surface area contributed by atoms with E-state index >= 15 is 0 Å². The van der Waals surface area contributed by atoms with E-state index < -0.39 is 0 Å². The van der Waals surface area contributed by atoms with Crippen molar-refractivity contribution in [1.29, 1.82) is 0 Å². The van der Waals surface area contributed by atoms with Gasteiger partial charge in [-0.05, 0) is 35.9 Å². The molecular weight excluding hydrogens is 328 g/mol. The van der Waals surface area contributed by atoms with E-state index in [9.17, 15) is 9.59 Å². The van der Waals surface area contributed by atoms with E-state index in [1.54, 1.807) is 25.2 Å². The Labute approximate surface area is 150 Å². The first-order valence-electron chi connectivity index (χ1n) is 8.58. The first-order valence-corrected chi connectivity index (χ1v) is 8.58. The molecule has 0 unspecified atom stereocenters. The molecule has 0 aliphatic carbocycles. The molecule has 6 heteroatoms. The molecule has 4 rings (SSSR count). The number of hydrogen-bond acceptors (Lipinski definition) is 3. The highest BCUT2D eigenvalue weighted by Crippen LogP contribution is 2.18. The predicted molar refractivity (Wildman–Crippen MR) is 103 cm³/mol. The molecule has 26 heavy (non-hydrogen) atoms. The van der Waals surface area contributed by atoms with Crippen molar-refractivity contribution in [3.63, 3.8) is 0 Å². The topological polar surface area (TPSA) is 70.1 Å². The largest absolute Gasteiger partial charge is 0.364 e. The van der Waals surface area contributed by atoms with Gasteiger partial charge in [-0.3, -0.25) is 9.36 Å². The number of anilines is 1. The number of fused-ring (bicyclic) bond motifs is 1. The number of benzene rings is 2. The SMILES string of the molecule is Cn1c(=O)[nH]c2cc(C(=O)NCc3cccc(N4CC=CC4)c3)ccc21. The van der Waals surface area contributed by atoms with Crippen molar-refractivity contribution in [3.8, 4) is 0 Å². The summed E-state index contributed by atoms with van der Waals surface area (Å²) in [4.78, 5) is 29.2. The van der Waals surface area contributed by atoms with Gasteiger partial charge in [-0.2, -0.15) is 0 Å². The van der Waals surface area contributed by atoms with Gasteiger partial charge in [-0.15, -0.1) is 0 Å². The molecule has 0 atom stereocenters. The molecule has 2 N–H and O–H groups in total. The number of carbonyl (C=O) groups is 1. The maximum Gasteiger partial charge on any atom is 0.326 e. The van der Waals surface area contributed by atoms with Crippen molar-refractivity contribution in [1.82, 2.24) is 14.9 Å². The standard InChI is InChI=1S/C20H20N4O2/c1-23-18-8-7-15(12-17(18)22-20(23)26)19(25)21-13-14-5-4-6-16(11-14)24-9-2-3-10-24/h2-8,11-12H,9-10,13H2,1H3,(H,21,25)(H,22,26). The summed E-state index contributed by atoms with van der Waals surface area (Å²) in [5.41, 5.74) is 3.99. The third kappa shape index (κ3) is 3.01. The Bertz CT molecular complexity index is 1050. The van der Waals surface area contributed by atoms with Gasteiger partial charge in [0.05, 0.1) is 11.0 Å². The van der Waals surface area contributed by atoms with Gasteiger partial charge in [0.1, 0.15) is 0 Å². The molecule has 0 radical (unpaired) electrons. The quantitative estimate of drug-likeness (QED) is 0.710. The number of amides is 1. The number of hydrogen-bond donors (Lipinski definition) is 2. The molecule has 1 aliphatic heterocycles. The second-order valence-electron chi connectivity index (χ2n) is 6.45. The molecule has 3 aromatic rings. The van der Waals surface area contributed by atoms with Gasteiger partial charge in [0.25, 0.3) is 5.91 Å². The van der Waals surface area contributed by atoms with Gasteiger partial charge in [0, 0.05) is 37.9 Å². The fourth-order valence-corrected chi connectivity index (χ4v) is 3.21. The van der Waals surface area contributed by atoms with E-state index in [0.717, 1.165) is 29.9 Å². The van der Waals surface area contributed by atoms with Crippen molar-refractivity contribution in [2.75, 3.05) is 18.0 Å². The number of aromatic nitrogens is 2. The summed E-state index contributed by atoms with van der Waals surface area (Å²) in [6.45, 7) is 2.30. The predicted octanol–water partition coefficient (Wildman–Crippen LogP) is 2.17.